The van der Waals surface area contributed by atoms with E-state index in [1.54, 1.807) is 17.7 Å². The lowest BCUT2D eigenvalue weighted by molar-refractivity contribution is 0.0690. The maximum atomic E-state index is 10.9. The molecule has 0 fully saturated rings. The lowest BCUT2D eigenvalue weighted by atomic mass is 10.3. The highest BCUT2D eigenvalue weighted by molar-refractivity contribution is 5.85. The van der Waals surface area contributed by atoms with E-state index in [1.807, 2.05) is 20.0 Å². The SMILES string of the molecule is Cc1cc(C(=O)O)nc(Nc2ccn(C(C)C)n2)n1. The summed E-state index contributed by atoms with van der Waals surface area (Å²) in [7, 11) is 0. The van der Waals surface area contributed by atoms with Gasteiger partial charge < -0.3 is 10.4 Å². The average Bonchev–Trinajstić information content (AvgIpc) is 2.76. The largest absolute Gasteiger partial charge is 0.477 e. The number of hydrogen-bond acceptors (Lipinski definition) is 5. The van der Waals surface area contributed by atoms with Crippen LogP contribution in [0.4, 0.5) is 11.8 Å². The summed E-state index contributed by atoms with van der Waals surface area (Å²) in [5, 5.41) is 16.1. The molecule has 7 nitrogen and oxygen atoms in total. The van der Waals surface area contributed by atoms with Gasteiger partial charge in [-0.1, -0.05) is 0 Å². The highest BCUT2D eigenvalue weighted by Gasteiger charge is 2.10. The van der Waals surface area contributed by atoms with Crippen LogP contribution in [0.15, 0.2) is 18.3 Å². The van der Waals surface area contributed by atoms with Gasteiger partial charge >= 0.3 is 5.97 Å². The van der Waals surface area contributed by atoms with Crippen LogP contribution in [-0.2, 0) is 0 Å². The maximum absolute atomic E-state index is 10.9. The van der Waals surface area contributed by atoms with E-state index in [0.29, 0.717) is 11.5 Å². The van der Waals surface area contributed by atoms with Gasteiger partial charge in [0.1, 0.15) is 0 Å². The van der Waals surface area contributed by atoms with Gasteiger partial charge in [0.2, 0.25) is 5.95 Å². The fourth-order valence-electron chi connectivity index (χ4n) is 1.54. The van der Waals surface area contributed by atoms with Gasteiger partial charge in [-0.2, -0.15) is 5.10 Å². The van der Waals surface area contributed by atoms with Gasteiger partial charge in [-0.05, 0) is 26.8 Å². The summed E-state index contributed by atoms with van der Waals surface area (Å²) in [6, 6.07) is 3.45. The quantitative estimate of drug-likeness (QED) is 0.874. The Kier molecular flexibility index (Phi) is 3.46. The molecule has 2 rings (SSSR count). The van der Waals surface area contributed by atoms with Crippen LogP contribution in [0, 0.1) is 6.92 Å². The number of carboxylic acids is 1. The van der Waals surface area contributed by atoms with Crippen LogP contribution in [0.3, 0.4) is 0 Å². The summed E-state index contributed by atoms with van der Waals surface area (Å²) in [4.78, 5) is 19.0. The highest BCUT2D eigenvalue weighted by atomic mass is 16.4. The van der Waals surface area contributed by atoms with Crippen molar-refractivity contribution >= 4 is 17.7 Å². The maximum Gasteiger partial charge on any atom is 0.354 e. The second kappa shape index (κ2) is 5.05. The average molecular weight is 261 g/mol. The first-order chi connectivity index (χ1) is 8.95. The predicted molar refractivity (Wildman–Crippen MR) is 69.6 cm³/mol. The minimum absolute atomic E-state index is 0.0432. The third-order valence-corrected chi connectivity index (χ3v) is 2.45. The molecule has 2 N–H and O–H groups in total. The van der Waals surface area contributed by atoms with Crippen molar-refractivity contribution in [3.05, 3.63) is 29.7 Å². The molecule has 0 bridgehead atoms. The molecule has 0 radical (unpaired) electrons. The second-order valence-electron chi connectivity index (χ2n) is 4.42. The molecule has 0 aliphatic rings. The number of aromatic carboxylic acids is 1. The summed E-state index contributed by atoms with van der Waals surface area (Å²) in [5.74, 6) is -0.275. The van der Waals surface area contributed by atoms with Crippen LogP contribution in [-0.4, -0.2) is 30.8 Å². The normalized spacial score (nSPS) is 10.7. The molecule has 0 aromatic carbocycles. The Morgan fingerprint density at radius 1 is 1.42 bits per heavy atom. The summed E-state index contributed by atoms with van der Waals surface area (Å²) in [6.45, 7) is 5.75. The van der Waals surface area contributed by atoms with Crippen molar-refractivity contribution in [1.82, 2.24) is 19.7 Å². The van der Waals surface area contributed by atoms with Gasteiger partial charge in [0, 0.05) is 24.0 Å². The fourth-order valence-corrected chi connectivity index (χ4v) is 1.54. The molecule has 19 heavy (non-hydrogen) atoms. The Balaban J connectivity index is 2.24. The molecule has 0 aliphatic heterocycles. The second-order valence-corrected chi connectivity index (χ2v) is 4.42. The number of aryl methyl sites for hydroxylation is 1. The lowest BCUT2D eigenvalue weighted by Gasteiger charge is -2.05. The molecule has 100 valence electrons. The monoisotopic (exact) mass is 261 g/mol. The van der Waals surface area contributed by atoms with Crippen molar-refractivity contribution in [1.29, 1.82) is 0 Å². The Labute approximate surface area is 110 Å². The van der Waals surface area contributed by atoms with Gasteiger partial charge in [-0.15, -0.1) is 0 Å². The molecule has 7 heteroatoms. The van der Waals surface area contributed by atoms with Crippen LogP contribution in [0.25, 0.3) is 0 Å². The predicted octanol–water partition coefficient (Wildman–Crippen LogP) is 2.00. The smallest absolute Gasteiger partial charge is 0.354 e. The lowest BCUT2D eigenvalue weighted by Crippen LogP contribution is -2.07. The van der Waals surface area contributed by atoms with E-state index in [2.05, 4.69) is 20.4 Å². The minimum Gasteiger partial charge on any atom is -0.477 e. The summed E-state index contributed by atoms with van der Waals surface area (Å²) in [5.41, 5.74) is 0.538. The van der Waals surface area contributed by atoms with Gasteiger partial charge in [0.05, 0.1) is 0 Å². The van der Waals surface area contributed by atoms with Crippen molar-refractivity contribution in [3.63, 3.8) is 0 Å². The van der Waals surface area contributed by atoms with E-state index in [0.717, 1.165) is 0 Å². The third kappa shape index (κ3) is 3.06. The van der Waals surface area contributed by atoms with E-state index < -0.39 is 5.97 Å². The number of rotatable bonds is 4. The molecule has 2 aromatic heterocycles. The van der Waals surface area contributed by atoms with E-state index in [-0.39, 0.29) is 17.7 Å². The van der Waals surface area contributed by atoms with Crippen LogP contribution < -0.4 is 5.32 Å². The molecule has 0 unspecified atom stereocenters. The third-order valence-electron chi connectivity index (χ3n) is 2.45. The molecular weight excluding hydrogens is 246 g/mol. The molecule has 0 spiro atoms. The van der Waals surface area contributed by atoms with Crippen molar-refractivity contribution in [2.75, 3.05) is 5.32 Å². The summed E-state index contributed by atoms with van der Waals surface area (Å²) in [6.07, 6.45) is 1.83. The van der Waals surface area contributed by atoms with Crippen LogP contribution in [0.2, 0.25) is 0 Å². The summed E-state index contributed by atoms with van der Waals surface area (Å²) < 4.78 is 1.79. The van der Waals surface area contributed by atoms with Gasteiger partial charge in [-0.25, -0.2) is 14.8 Å². The van der Waals surface area contributed by atoms with Crippen molar-refractivity contribution in [3.8, 4) is 0 Å². The van der Waals surface area contributed by atoms with Gasteiger partial charge in [0.15, 0.2) is 11.5 Å². The zero-order valence-electron chi connectivity index (χ0n) is 11.0. The van der Waals surface area contributed by atoms with E-state index in [1.165, 1.54) is 6.07 Å². The molecule has 2 heterocycles. The molecule has 0 aliphatic carbocycles. The molecule has 0 saturated heterocycles. The van der Waals surface area contributed by atoms with Crippen LogP contribution >= 0.6 is 0 Å². The minimum atomic E-state index is -1.08. The molecular formula is C12H15N5O2. The molecule has 0 saturated carbocycles. The summed E-state index contributed by atoms with van der Waals surface area (Å²) >= 11 is 0. The number of anilines is 2. The number of aromatic nitrogens is 4. The Bertz CT molecular complexity index is 606. The zero-order chi connectivity index (χ0) is 14.0. The molecule has 0 amide bonds. The van der Waals surface area contributed by atoms with Gasteiger partial charge in [0.25, 0.3) is 0 Å². The van der Waals surface area contributed by atoms with Crippen molar-refractivity contribution < 1.29 is 9.90 Å². The number of hydrogen-bond donors (Lipinski definition) is 2. The number of carbonyl (C=O) groups is 1. The van der Waals surface area contributed by atoms with Crippen LogP contribution in [0.5, 0.6) is 0 Å². The fraction of sp³-hybridized carbons (Fsp3) is 0.333. The Hall–Kier alpha value is -2.44. The Morgan fingerprint density at radius 3 is 2.74 bits per heavy atom. The molecule has 2 aromatic rings. The number of nitrogens with one attached hydrogen (secondary N) is 1. The first-order valence-electron chi connectivity index (χ1n) is 5.87. The number of carboxylic acid groups (broad SMARTS) is 1. The Morgan fingerprint density at radius 2 is 2.16 bits per heavy atom. The topological polar surface area (TPSA) is 92.9 Å². The van der Waals surface area contributed by atoms with E-state index in [4.69, 9.17) is 5.11 Å². The number of nitrogens with zero attached hydrogens (tertiary/aromatic N) is 4. The first kappa shape index (κ1) is 13.0. The van der Waals surface area contributed by atoms with Crippen LogP contribution in [0.1, 0.15) is 36.1 Å². The standard InChI is InChI=1S/C12H15N5O2/c1-7(2)17-5-4-10(16-17)15-12-13-8(3)6-9(14-12)11(18)19/h4-7H,1-3H3,(H,18,19)(H,13,14,15,16). The van der Waals surface area contributed by atoms with Crippen molar-refractivity contribution in [2.24, 2.45) is 0 Å². The zero-order valence-corrected chi connectivity index (χ0v) is 11.0. The van der Waals surface area contributed by atoms with Crippen molar-refractivity contribution in [2.45, 2.75) is 26.8 Å². The molecule has 0 atom stereocenters. The van der Waals surface area contributed by atoms with E-state index in [9.17, 15) is 4.79 Å². The van der Waals surface area contributed by atoms with Gasteiger partial charge in [-0.3, -0.25) is 4.68 Å². The van der Waals surface area contributed by atoms with E-state index >= 15 is 0 Å². The highest BCUT2D eigenvalue weighted by Crippen LogP contribution is 2.13. The first-order valence-corrected chi connectivity index (χ1v) is 5.87.